The van der Waals surface area contributed by atoms with Crippen LogP contribution < -0.4 is 10.1 Å². The van der Waals surface area contributed by atoms with E-state index in [0.29, 0.717) is 29.4 Å². The van der Waals surface area contributed by atoms with Crippen LogP contribution in [-0.4, -0.2) is 36.0 Å². The molecule has 1 aromatic carbocycles. The van der Waals surface area contributed by atoms with E-state index in [4.69, 9.17) is 9.15 Å². The maximum atomic E-state index is 12.5. The summed E-state index contributed by atoms with van der Waals surface area (Å²) in [4.78, 5) is 15.0. The second-order valence-electron chi connectivity index (χ2n) is 6.65. The highest BCUT2D eigenvalue weighted by atomic mass is 16.6. The molecule has 3 aliphatic heterocycles. The van der Waals surface area contributed by atoms with Crippen LogP contribution in [0.4, 0.5) is 0 Å². The van der Waals surface area contributed by atoms with Crippen molar-refractivity contribution in [2.24, 2.45) is 5.92 Å². The monoisotopic (exact) mass is 326 g/mol. The first-order valence-electron chi connectivity index (χ1n) is 8.58. The van der Waals surface area contributed by atoms with E-state index >= 15 is 0 Å². The number of para-hydroxylation sites is 1. The molecule has 4 heterocycles. The molecule has 2 atom stereocenters. The Bertz CT molecular complexity index is 702. The number of hydrogen-bond acceptors (Lipinski definition) is 4. The molecule has 0 radical (unpaired) electrons. The van der Waals surface area contributed by atoms with Gasteiger partial charge in [0, 0.05) is 18.2 Å². The van der Waals surface area contributed by atoms with Gasteiger partial charge in [-0.05, 0) is 57.0 Å². The summed E-state index contributed by atoms with van der Waals surface area (Å²) in [5, 5.41) is 3.16. The smallest absolute Gasteiger partial charge is 0.290 e. The molecule has 5 heteroatoms. The van der Waals surface area contributed by atoms with Gasteiger partial charge in [-0.3, -0.25) is 9.69 Å². The highest BCUT2D eigenvalue weighted by molar-refractivity contribution is 5.91. The maximum Gasteiger partial charge on any atom is 0.290 e. The number of furan rings is 1. The van der Waals surface area contributed by atoms with Crippen molar-refractivity contribution in [2.45, 2.75) is 31.8 Å². The van der Waals surface area contributed by atoms with Crippen LogP contribution in [-0.2, 0) is 0 Å². The summed E-state index contributed by atoms with van der Waals surface area (Å²) in [5.41, 5.74) is 0. The van der Waals surface area contributed by atoms with Gasteiger partial charge in [0.2, 0.25) is 0 Å². The van der Waals surface area contributed by atoms with Gasteiger partial charge in [-0.15, -0.1) is 0 Å². The fraction of sp³-hybridized carbons (Fsp3) is 0.421. The van der Waals surface area contributed by atoms with Crippen molar-refractivity contribution in [3.8, 4) is 11.7 Å². The minimum atomic E-state index is -0.163. The minimum Gasteiger partial charge on any atom is -0.426 e. The predicted octanol–water partition coefficient (Wildman–Crippen LogP) is 3.28. The molecule has 2 aromatic rings. The Kier molecular flexibility index (Phi) is 4.02. The summed E-state index contributed by atoms with van der Waals surface area (Å²) >= 11 is 0. The molecule has 2 bridgehead atoms. The molecule has 3 saturated heterocycles. The number of carbonyl (C=O) groups is 1. The van der Waals surface area contributed by atoms with Crippen LogP contribution in [0.1, 0.15) is 30.3 Å². The standard InChI is InChI=1S/C19H22N2O3/c1-13-18(14-9-11-21(13)12-10-14)20-19(22)16-7-8-17(24-16)23-15-5-3-2-4-6-15/h2-8,13-14,18H,9-12H2,1H3,(H,20,22)/t13-,18-/m0/s1. The Balaban J connectivity index is 1.42. The van der Waals surface area contributed by atoms with Gasteiger partial charge in [-0.25, -0.2) is 0 Å². The van der Waals surface area contributed by atoms with Crippen LogP contribution in [0, 0.1) is 5.92 Å². The lowest BCUT2D eigenvalue weighted by Crippen LogP contribution is -2.62. The average molecular weight is 326 g/mol. The third-order valence-corrected chi connectivity index (χ3v) is 5.24. The zero-order valence-corrected chi connectivity index (χ0v) is 13.8. The molecule has 0 spiro atoms. The third-order valence-electron chi connectivity index (χ3n) is 5.24. The summed E-state index contributed by atoms with van der Waals surface area (Å²) in [7, 11) is 0. The zero-order valence-electron chi connectivity index (χ0n) is 13.8. The summed E-state index contributed by atoms with van der Waals surface area (Å²) < 4.78 is 11.2. The van der Waals surface area contributed by atoms with Gasteiger partial charge in [0.25, 0.3) is 11.9 Å². The normalized spacial score (nSPS) is 28.5. The number of carbonyl (C=O) groups excluding carboxylic acids is 1. The zero-order chi connectivity index (χ0) is 16.5. The summed E-state index contributed by atoms with van der Waals surface area (Å²) in [6.45, 7) is 4.49. The number of rotatable bonds is 4. The van der Waals surface area contributed by atoms with Crippen LogP contribution in [0.5, 0.6) is 11.7 Å². The number of nitrogens with one attached hydrogen (secondary N) is 1. The van der Waals surface area contributed by atoms with E-state index in [9.17, 15) is 4.79 Å². The maximum absolute atomic E-state index is 12.5. The number of ether oxygens (including phenoxy) is 1. The first-order valence-corrected chi connectivity index (χ1v) is 8.58. The molecule has 0 aliphatic carbocycles. The third kappa shape index (κ3) is 2.91. The van der Waals surface area contributed by atoms with Crippen molar-refractivity contribution in [3.63, 3.8) is 0 Å². The van der Waals surface area contributed by atoms with Gasteiger partial charge in [0.1, 0.15) is 5.75 Å². The molecular weight excluding hydrogens is 304 g/mol. The van der Waals surface area contributed by atoms with Crippen molar-refractivity contribution in [1.29, 1.82) is 0 Å². The molecule has 1 N–H and O–H groups in total. The Hall–Kier alpha value is -2.27. The first-order chi connectivity index (χ1) is 11.7. The lowest BCUT2D eigenvalue weighted by molar-refractivity contribution is 0.0210. The molecule has 5 nitrogen and oxygen atoms in total. The van der Waals surface area contributed by atoms with Gasteiger partial charge < -0.3 is 14.5 Å². The van der Waals surface area contributed by atoms with Crippen LogP contribution in [0.15, 0.2) is 46.9 Å². The molecule has 3 fully saturated rings. The van der Waals surface area contributed by atoms with E-state index in [0.717, 1.165) is 25.9 Å². The van der Waals surface area contributed by atoms with Crippen molar-refractivity contribution >= 4 is 5.91 Å². The van der Waals surface area contributed by atoms with E-state index in [-0.39, 0.29) is 11.9 Å². The van der Waals surface area contributed by atoms with Crippen molar-refractivity contribution < 1.29 is 13.9 Å². The highest BCUT2D eigenvalue weighted by Crippen LogP contribution is 2.32. The fourth-order valence-corrected chi connectivity index (χ4v) is 3.87. The Morgan fingerprint density at radius 3 is 2.62 bits per heavy atom. The van der Waals surface area contributed by atoms with Crippen molar-refractivity contribution in [2.75, 3.05) is 13.1 Å². The average Bonchev–Trinajstić information content (AvgIpc) is 3.08. The SMILES string of the molecule is C[C@H]1[C@H](NC(=O)c2ccc(Oc3ccccc3)o2)C2CCN1CC2. The predicted molar refractivity (Wildman–Crippen MR) is 90.2 cm³/mol. The Morgan fingerprint density at radius 1 is 1.17 bits per heavy atom. The quantitative estimate of drug-likeness (QED) is 0.937. The van der Waals surface area contributed by atoms with Gasteiger partial charge in [0.15, 0.2) is 5.76 Å². The molecule has 1 amide bonds. The molecule has 24 heavy (non-hydrogen) atoms. The number of fused-ring (bicyclic) bond motifs is 3. The van der Waals surface area contributed by atoms with Gasteiger partial charge in [0.05, 0.1) is 0 Å². The van der Waals surface area contributed by atoms with E-state index < -0.39 is 0 Å². The number of hydrogen-bond donors (Lipinski definition) is 1. The molecular formula is C19H22N2O3. The highest BCUT2D eigenvalue weighted by Gasteiger charge is 2.40. The Labute approximate surface area is 141 Å². The van der Waals surface area contributed by atoms with Crippen LogP contribution in [0.2, 0.25) is 0 Å². The van der Waals surface area contributed by atoms with E-state index in [1.165, 1.54) is 0 Å². The lowest BCUT2D eigenvalue weighted by Gasteiger charge is -2.49. The number of amides is 1. The largest absolute Gasteiger partial charge is 0.426 e. The molecule has 0 saturated carbocycles. The number of nitrogens with zero attached hydrogens (tertiary/aromatic N) is 1. The Morgan fingerprint density at radius 2 is 1.92 bits per heavy atom. The molecule has 5 rings (SSSR count). The van der Waals surface area contributed by atoms with Crippen LogP contribution >= 0.6 is 0 Å². The topological polar surface area (TPSA) is 54.7 Å². The molecule has 1 aromatic heterocycles. The van der Waals surface area contributed by atoms with Gasteiger partial charge >= 0.3 is 0 Å². The second kappa shape index (κ2) is 6.32. The van der Waals surface area contributed by atoms with Crippen molar-refractivity contribution in [3.05, 3.63) is 48.2 Å². The number of piperidine rings is 3. The summed E-state index contributed by atoms with van der Waals surface area (Å²) in [5.74, 6) is 1.72. The van der Waals surface area contributed by atoms with E-state index in [2.05, 4.69) is 17.1 Å². The fourth-order valence-electron chi connectivity index (χ4n) is 3.87. The summed E-state index contributed by atoms with van der Waals surface area (Å²) in [6, 6.07) is 13.3. The summed E-state index contributed by atoms with van der Waals surface area (Å²) in [6.07, 6.45) is 2.33. The van der Waals surface area contributed by atoms with Gasteiger partial charge in [-0.2, -0.15) is 0 Å². The number of benzene rings is 1. The van der Waals surface area contributed by atoms with Crippen molar-refractivity contribution in [1.82, 2.24) is 10.2 Å². The van der Waals surface area contributed by atoms with Gasteiger partial charge in [-0.1, -0.05) is 18.2 Å². The first kappa shape index (κ1) is 15.3. The van der Waals surface area contributed by atoms with E-state index in [1.54, 1.807) is 12.1 Å². The lowest BCUT2D eigenvalue weighted by atomic mass is 9.79. The van der Waals surface area contributed by atoms with E-state index in [1.807, 2.05) is 30.3 Å². The molecule has 126 valence electrons. The molecule has 3 aliphatic rings. The van der Waals surface area contributed by atoms with Crippen LogP contribution in [0.3, 0.4) is 0 Å². The minimum absolute atomic E-state index is 0.163. The second-order valence-corrected chi connectivity index (χ2v) is 6.65. The van der Waals surface area contributed by atoms with Crippen LogP contribution in [0.25, 0.3) is 0 Å². The molecule has 0 unspecified atom stereocenters.